The summed E-state index contributed by atoms with van der Waals surface area (Å²) < 4.78 is 31.2. The lowest BCUT2D eigenvalue weighted by atomic mass is 10.2. The van der Waals surface area contributed by atoms with Crippen LogP contribution in [0.4, 0.5) is 0 Å². The van der Waals surface area contributed by atoms with Crippen LogP contribution in [0, 0.1) is 11.3 Å². The first-order chi connectivity index (χ1) is 11.3. The van der Waals surface area contributed by atoms with E-state index in [1.54, 1.807) is 16.9 Å². The van der Waals surface area contributed by atoms with Crippen LogP contribution in [0.1, 0.15) is 23.0 Å². The van der Waals surface area contributed by atoms with Gasteiger partial charge in [0.05, 0.1) is 11.2 Å². The van der Waals surface area contributed by atoms with Gasteiger partial charge in [0.1, 0.15) is 17.4 Å². The highest BCUT2D eigenvalue weighted by molar-refractivity contribution is 7.90. The minimum Gasteiger partial charge on any atom is -0.465 e. The first kappa shape index (κ1) is 17.2. The smallest absolute Gasteiger partial charge is 0.275 e. The molecule has 0 bridgehead atoms. The van der Waals surface area contributed by atoms with Gasteiger partial charge in [-0.05, 0) is 31.2 Å². The molecule has 1 aromatic carbocycles. The average molecular weight is 344 g/mol. The fourth-order valence-corrected chi connectivity index (χ4v) is 2.79. The van der Waals surface area contributed by atoms with Gasteiger partial charge in [-0.25, -0.2) is 13.1 Å². The van der Waals surface area contributed by atoms with Crippen molar-refractivity contribution in [1.29, 1.82) is 5.26 Å². The van der Waals surface area contributed by atoms with Crippen LogP contribution in [-0.2, 0) is 14.8 Å². The number of ketones is 1. The summed E-state index contributed by atoms with van der Waals surface area (Å²) in [6, 6.07) is 9.92. The highest BCUT2D eigenvalue weighted by Gasteiger charge is 2.21. The molecule has 0 saturated carbocycles. The number of hydrogen-bond donors (Lipinski definition) is 1. The van der Waals surface area contributed by atoms with E-state index in [1.165, 1.54) is 37.5 Å². The number of furan rings is 1. The van der Waals surface area contributed by atoms with Crippen LogP contribution >= 0.6 is 0 Å². The Balaban J connectivity index is 2.28. The number of nitriles is 1. The van der Waals surface area contributed by atoms with E-state index in [2.05, 4.69) is 0 Å². The molecule has 1 heterocycles. The number of carbonyl (C=O) groups is 2. The van der Waals surface area contributed by atoms with Gasteiger partial charge < -0.3 is 4.42 Å². The topological polar surface area (TPSA) is 117 Å². The summed E-state index contributed by atoms with van der Waals surface area (Å²) in [4.78, 5) is 23.1. The Morgan fingerprint density at radius 2 is 2.00 bits per heavy atom. The molecule has 24 heavy (non-hydrogen) atoms. The van der Waals surface area contributed by atoms with E-state index >= 15 is 0 Å². The van der Waals surface area contributed by atoms with E-state index in [0.29, 0.717) is 0 Å². The molecule has 0 fully saturated rings. The molecular formula is C16H12N2O5S. The second kappa shape index (κ2) is 6.93. The minimum atomic E-state index is -4.22. The molecule has 2 aromatic rings. The van der Waals surface area contributed by atoms with Gasteiger partial charge in [-0.15, -0.1) is 0 Å². The Hall–Kier alpha value is -3.18. The lowest BCUT2D eigenvalue weighted by Gasteiger charge is -2.07. The quantitative estimate of drug-likeness (QED) is 0.503. The third-order valence-electron chi connectivity index (χ3n) is 2.97. The number of nitrogens with zero attached hydrogens (tertiary/aromatic N) is 1. The zero-order valence-corrected chi connectivity index (χ0v) is 13.3. The number of carbonyl (C=O) groups excluding carboxylic acids is 2. The number of hydrogen-bond acceptors (Lipinski definition) is 6. The van der Waals surface area contributed by atoms with Crippen LogP contribution in [0.25, 0.3) is 6.08 Å². The van der Waals surface area contributed by atoms with Crippen LogP contribution in [0.5, 0.6) is 0 Å². The molecule has 8 heteroatoms. The zero-order valence-electron chi connectivity index (χ0n) is 12.5. The van der Waals surface area contributed by atoms with Crippen molar-refractivity contribution in [2.75, 3.05) is 0 Å². The molecule has 0 unspecified atom stereocenters. The molecule has 0 aliphatic carbocycles. The molecule has 7 nitrogen and oxygen atoms in total. The molecule has 0 spiro atoms. The standard InChI is InChI=1S/C16H12N2O5S/c1-11(19)12-4-2-6-15(9-12)24(21,22)18-16(20)13(10-17)8-14-5-3-7-23-14/h2-9H,1H3,(H,18,20). The SMILES string of the molecule is CC(=O)c1cccc(S(=O)(=O)NC(=O)C(C#N)=Cc2ccco2)c1. The first-order valence-corrected chi connectivity index (χ1v) is 8.15. The van der Waals surface area contributed by atoms with Crippen LogP contribution in [0.15, 0.2) is 57.5 Å². The maximum atomic E-state index is 12.2. The Bertz CT molecular complexity index is 951. The summed E-state index contributed by atoms with van der Waals surface area (Å²) in [6.45, 7) is 1.30. The van der Waals surface area contributed by atoms with Crippen molar-refractivity contribution in [1.82, 2.24) is 4.72 Å². The minimum absolute atomic E-state index is 0.192. The number of rotatable bonds is 5. The summed E-state index contributed by atoms with van der Waals surface area (Å²) in [5.74, 6) is -1.17. The molecule has 0 aliphatic heterocycles. The third-order valence-corrected chi connectivity index (χ3v) is 4.30. The van der Waals surface area contributed by atoms with Crippen LogP contribution in [0.3, 0.4) is 0 Å². The monoisotopic (exact) mass is 344 g/mol. The molecular weight excluding hydrogens is 332 g/mol. The zero-order chi connectivity index (χ0) is 17.7. The van der Waals surface area contributed by atoms with Crippen LogP contribution in [-0.4, -0.2) is 20.1 Å². The first-order valence-electron chi connectivity index (χ1n) is 6.67. The molecule has 0 atom stereocenters. The van der Waals surface area contributed by atoms with E-state index in [0.717, 1.165) is 12.1 Å². The second-order valence-electron chi connectivity index (χ2n) is 4.70. The maximum Gasteiger partial charge on any atom is 0.275 e. The van der Waals surface area contributed by atoms with Crippen molar-refractivity contribution in [3.8, 4) is 6.07 Å². The molecule has 0 radical (unpaired) electrons. The summed E-state index contributed by atoms with van der Waals surface area (Å²) in [5, 5.41) is 9.02. The molecule has 1 N–H and O–H groups in total. The molecule has 0 aliphatic rings. The summed E-state index contributed by atoms with van der Waals surface area (Å²) >= 11 is 0. The van der Waals surface area contributed by atoms with E-state index < -0.39 is 21.5 Å². The van der Waals surface area contributed by atoms with Gasteiger partial charge in [0.25, 0.3) is 15.9 Å². The molecule has 0 saturated heterocycles. The van der Waals surface area contributed by atoms with Gasteiger partial charge in [0.2, 0.25) is 0 Å². The lowest BCUT2D eigenvalue weighted by molar-refractivity contribution is -0.115. The fraction of sp³-hybridized carbons (Fsp3) is 0.0625. The highest BCUT2D eigenvalue weighted by atomic mass is 32.2. The summed E-state index contributed by atoms with van der Waals surface area (Å²) in [6.07, 6.45) is 2.47. The Labute approximate surface area is 138 Å². The van der Waals surface area contributed by atoms with Crippen molar-refractivity contribution >= 4 is 27.8 Å². The highest BCUT2D eigenvalue weighted by Crippen LogP contribution is 2.13. The normalized spacial score (nSPS) is 11.6. The van der Waals surface area contributed by atoms with Crippen molar-refractivity contribution in [2.45, 2.75) is 11.8 Å². The molecule has 1 amide bonds. The largest absolute Gasteiger partial charge is 0.465 e. The summed E-state index contributed by atoms with van der Waals surface area (Å²) in [7, 11) is -4.22. The Morgan fingerprint density at radius 3 is 2.58 bits per heavy atom. The maximum absolute atomic E-state index is 12.2. The van der Waals surface area contributed by atoms with Gasteiger partial charge in [-0.2, -0.15) is 5.26 Å². The van der Waals surface area contributed by atoms with Crippen LogP contribution in [0.2, 0.25) is 0 Å². The van der Waals surface area contributed by atoms with Crippen molar-refractivity contribution in [2.24, 2.45) is 0 Å². The third kappa shape index (κ3) is 3.97. The van der Waals surface area contributed by atoms with Crippen molar-refractivity contribution in [3.63, 3.8) is 0 Å². The number of nitrogens with one attached hydrogen (secondary N) is 1. The lowest BCUT2D eigenvalue weighted by Crippen LogP contribution is -2.31. The molecule has 122 valence electrons. The second-order valence-corrected chi connectivity index (χ2v) is 6.39. The predicted molar refractivity (Wildman–Crippen MR) is 84.1 cm³/mol. The van der Waals surface area contributed by atoms with Crippen LogP contribution < -0.4 is 4.72 Å². The molecule has 1 aromatic heterocycles. The van der Waals surface area contributed by atoms with Gasteiger partial charge in [-0.1, -0.05) is 12.1 Å². The number of amides is 1. The molecule has 2 rings (SSSR count). The van der Waals surface area contributed by atoms with Gasteiger partial charge in [0, 0.05) is 11.6 Å². The van der Waals surface area contributed by atoms with E-state index in [-0.39, 0.29) is 22.0 Å². The average Bonchev–Trinajstić information content (AvgIpc) is 3.05. The van der Waals surface area contributed by atoms with Gasteiger partial charge in [0.15, 0.2) is 5.78 Å². The predicted octanol–water partition coefficient (Wildman–Crippen LogP) is 1.89. The van der Waals surface area contributed by atoms with Gasteiger partial charge >= 0.3 is 0 Å². The van der Waals surface area contributed by atoms with Crippen molar-refractivity contribution in [3.05, 3.63) is 59.6 Å². The van der Waals surface area contributed by atoms with E-state index in [1.807, 2.05) is 0 Å². The Kier molecular flexibility index (Phi) is 4.96. The fourth-order valence-electron chi connectivity index (χ4n) is 1.78. The summed E-state index contributed by atoms with van der Waals surface area (Å²) in [5.41, 5.74) is -0.242. The van der Waals surface area contributed by atoms with Crippen molar-refractivity contribution < 1.29 is 22.4 Å². The van der Waals surface area contributed by atoms with Gasteiger partial charge in [-0.3, -0.25) is 9.59 Å². The number of benzene rings is 1. The Morgan fingerprint density at radius 1 is 1.25 bits per heavy atom. The number of Topliss-reactive ketones (excluding diaryl/α,β-unsaturated/α-hetero) is 1. The van der Waals surface area contributed by atoms with E-state index in [4.69, 9.17) is 9.68 Å². The number of sulfonamides is 1. The van der Waals surface area contributed by atoms with E-state index in [9.17, 15) is 18.0 Å².